The number of halogens is 2. The van der Waals surface area contributed by atoms with Crippen molar-refractivity contribution in [1.29, 1.82) is 0 Å². The number of carbonyl (C=O) groups excluding carboxylic acids is 2. The van der Waals surface area contributed by atoms with E-state index in [0.717, 1.165) is 11.6 Å². The van der Waals surface area contributed by atoms with Gasteiger partial charge in [0, 0.05) is 11.8 Å². The van der Waals surface area contributed by atoms with Crippen LogP contribution in [0.15, 0.2) is 42.5 Å². The number of carbonyl (C=O) groups is 2. The van der Waals surface area contributed by atoms with Gasteiger partial charge in [-0.3, -0.25) is 4.79 Å². The molecule has 1 amide bonds. The number of hydrogen-bond acceptors (Lipinski definition) is 5. The van der Waals surface area contributed by atoms with Crippen LogP contribution < -0.4 is 14.8 Å². The Balaban J connectivity index is 1.55. The normalized spacial score (nSPS) is 13.8. The zero-order chi connectivity index (χ0) is 20.1. The van der Waals surface area contributed by atoms with Crippen molar-refractivity contribution in [1.82, 2.24) is 0 Å². The molecule has 0 fully saturated rings. The largest absolute Gasteiger partial charge is 0.486 e. The van der Waals surface area contributed by atoms with Crippen LogP contribution in [-0.4, -0.2) is 31.2 Å². The predicted molar refractivity (Wildman–Crippen MR) is 102 cm³/mol. The molecule has 0 radical (unpaired) electrons. The highest BCUT2D eigenvalue weighted by molar-refractivity contribution is 6.31. The van der Waals surface area contributed by atoms with Crippen molar-refractivity contribution >= 4 is 35.2 Å². The zero-order valence-electron chi connectivity index (χ0n) is 14.9. The maximum Gasteiger partial charge on any atom is 0.331 e. The molecule has 0 saturated heterocycles. The minimum absolute atomic E-state index is 0.121. The minimum Gasteiger partial charge on any atom is -0.486 e. The molecule has 1 aliphatic rings. The van der Waals surface area contributed by atoms with Crippen LogP contribution in [0.25, 0.3) is 6.08 Å². The van der Waals surface area contributed by atoms with Gasteiger partial charge in [-0.25, -0.2) is 9.18 Å². The van der Waals surface area contributed by atoms with Crippen LogP contribution in [0.3, 0.4) is 0 Å². The molecule has 1 N–H and O–H groups in total. The molecule has 0 saturated carbocycles. The van der Waals surface area contributed by atoms with Gasteiger partial charge >= 0.3 is 5.97 Å². The average Bonchev–Trinajstić information content (AvgIpc) is 2.69. The second-order valence-electron chi connectivity index (χ2n) is 5.93. The van der Waals surface area contributed by atoms with Gasteiger partial charge in [-0.05, 0) is 48.9 Å². The zero-order valence-corrected chi connectivity index (χ0v) is 15.7. The first-order chi connectivity index (χ1) is 13.4. The summed E-state index contributed by atoms with van der Waals surface area (Å²) >= 11 is 5.67. The van der Waals surface area contributed by atoms with Gasteiger partial charge in [0.25, 0.3) is 5.91 Å². The van der Waals surface area contributed by atoms with Gasteiger partial charge in [0.2, 0.25) is 0 Å². The van der Waals surface area contributed by atoms with Crippen LogP contribution in [0.2, 0.25) is 5.02 Å². The first-order valence-corrected chi connectivity index (χ1v) is 8.84. The second-order valence-corrected chi connectivity index (χ2v) is 6.34. The van der Waals surface area contributed by atoms with Gasteiger partial charge in [0.1, 0.15) is 19.0 Å². The Hall–Kier alpha value is -3.06. The lowest BCUT2D eigenvalue weighted by Gasteiger charge is -2.18. The minimum atomic E-state index is -1.05. The maximum atomic E-state index is 13.1. The molecule has 6 nitrogen and oxygen atoms in total. The lowest BCUT2D eigenvalue weighted by Crippen LogP contribution is -2.29. The van der Waals surface area contributed by atoms with Gasteiger partial charge < -0.3 is 19.5 Å². The third-order valence-electron chi connectivity index (χ3n) is 3.83. The molecular formula is C20H17ClFNO5. The van der Waals surface area contributed by atoms with Gasteiger partial charge in [0.15, 0.2) is 17.6 Å². The molecule has 146 valence electrons. The second kappa shape index (κ2) is 8.75. The Morgan fingerprint density at radius 1 is 1.18 bits per heavy atom. The number of anilines is 1. The van der Waals surface area contributed by atoms with Crippen molar-refractivity contribution < 1.29 is 28.2 Å². The van der Waals surface area contributed by atoms with E-state index in [1.54, 1.807) is 24.3 Å². The first kappa shape index (κ1) is 19.7. The molecule has 1 heterocycles. The third-order valence-corrected chi connectivity index (χ3v) is 4.12. The number of ether oxygens (including phenoxy) is 3. The van der Waals surface area contributed by atoms with Gasteiger partial charge in [-0.1, -0.05) is 17.7 Å². The summed E-state index contributed by atoms with van der Waals surface area (Å²) in [5.41, 5.74) is 1.02. The molecule has 0 aromatic heterocycles. The number of fused-ring (bicyclic) bond motifs is 1. The number of esters is 1. The van der Waals surface area contributed by atoms with Crippen molar-refractivity contribution in [3.8, 4) is 11.5 Å². The highest BCUT2D eigenvalue weighted by Crippen LogP contribution is 2.31. The molecular weight excluding hydrogens is 389 g/mol. The summed E-state index contributed by atoms with van der Waals surface area (Å²) in [7, 11) is 0. The summed E-state index contributed by atoms with van der Waals surface area (Å²) in [6.07, 6.45) is 1.70. The van der Waals surface area contributed by atoms with Gasteiger partial charge in [-0.15, -0.1) is 0 Å². The van der Waals surface area contributed by atoms with E-state index in [1.807, 2.05) is 0 Å². The molecule has 28 heavy (non-hydrogen) atoms. The quantitative estimate of drug-likeness (QED) is 0.604. The van der Waals surface area contributed by atoms with E-state index in [1.165, 1.54) is 25.1 Å². The molecule has 8 heteroatoms. The average molecular weight is 406 g/mol. The van der Waals surface area contributed by atoms with Crippen LogP contribution in [0, 0.1) is 5.82 Å². The summed E-state index contributed by atoms with van der Waals surface area (Å²) in [4.78, 5) is 24.1. The molecule has 0 unspecified atom stereocenters. The lowest BCUT2D eigenvalue weighted by atomic mass is 10.2. The Bertz CT molecular complexity index is 931. The number of amides is 1. The summed E-state index contributed by atoms with van der Waals surface area (Å²) in [5, 5.41) is 2.38. The summed E-state index contributed by atoms with van der Waals surface area (Å²) < 4.78 is 29.1. The Morgan fingerprint density at radius 3 is 2.68 bits per heavy atom. The van der Waals surface area contributed by atoms with Crippen LogP contribution >= 0.6 is 11.6 Å². The van der Waals surface area contributed by atoms with Crippen molar-refractivity contribution in [2.45, 2.75) is 13.0 Å². The van der Waals surface area contributed by atoms with E-state index in [0.29, 0.717) is 30.4 Å². The molecule has 2 aromatic rings. The summed E-state index contributed by atoms with van der Waals surface area (Å²) in [5.74, 6) is -0.591. The number of hydrogen-bond donors (Lipinski definition) is 1. The molecule has 0 aliphatic carbocycles. The number of benzene rings is 2. The molecule has 0 bridgehead atoms. The smallest absolute Gasteiger partial charge is 0.331 e. The van der Waals surface area contributed by atoms with Gasteiger partial charge in [0.05, 0.1) is 5.02 Å². The molecule has 3 rings (SSSR count). The fourth-order valence-electron chi connectivity index (χ4n) is 2.41. The third kappa shape index (κ3) is 5.01. The Labute approximate surface area is 165 Å². The van der Waals surface area contributed by atoms with Crippen LogP contribution in [-0.2, 0) is 14.3 Å². The molecule has 1 atom stereocenters. The van der Waals surface area contributed by atoms with Crippen LogP contribution in [0.5, 0.6) is 11.5 Å². The van der Waals surface area contributed by atoms with E-state index < -0.39 is 23.8 Å². The SMILES string of the molecule is C[C@H](OC(=O)/C=C/c1ccc2c(c1)OCCO2)C(=O)Nc1ccc(F)c(Cl)c1. The van der Waals surface area contributed by atoms with Crippen LogP contribution in [0.1, 0.15) is 12.5 Å². The van der Waals surface area contributed by atoms with E-state index in [2.05, 4.69) is 5.32 Å². The van der Waals surface area contributed by atoms with E-state index >= 15 is 0 Å². The topological polar surface area (TPSA) is 73.9 Å². The standard InChI is InChI=1S/C20H17ClFNO5/c1-12(20(25)23-14-4-5-16(22)15(21)11-14)28-19(24)7-3-13-2-6-17-18(10-13)27-9-8-26-17/h2-7,10-12H,8-9H2,1H3,(H,23,25)/b7-3+/t12-/m0/s1. The van der Waals surface area contributed by atoms with Crippen LogP contribution in [0.4, 0.5) is 10.1 Å². The van der Waals surface area contributed by atoms with Crippen molar-refractivity contribution in [3.63, 3.8) is 0 Å². The summed E-state index contributed by atoms with van der Waals surface area (Å²) in [6.45, 7) is 2.39. The van der Waals surface area contributed by atoms with E-state index in [4.69, 9.17) is 25.8 Å². The number of rotatable bonds is 5. The predicted octanol–water partition coefficient (Wildman–Crippen LogP) is 3.83. The Kier molecular flexibility index (Phi) is 6.16. The molecule has 1 aliphatic heterocycles. The lowest BCUT2D eigenvalue weighted by molar-refractivity contribution is -0.148. The van der Waals surface area contributed by atoms with E-state index in [9.17, 15) is 14.0 Å². The maximum absolute atomic E-state index is 13.1. The van der Waals surface area contributed by atoms with E-state index in [-0.39, 0.29) is 5.02 Å². The first-order valence-electron chi connectivity index (χ1n) is 8.46. The molecule has 0 spiro atoms. The van der Waals surface area contributed by atoms with Crippen molar-refractivity contribution in [2.75, 3.05) is 18.5 Å². The van der Waals surface area contributed by atoms with Crippen molar-refractivity contribution in [3.05, 3.63) is 58.9 Å². The Morgan fingerprint density at radius 2 is 1.93 bits per heavy atom. The van der Waals surface area contributed by atoms with Crippen molar-refractivity contribution in [2.24, 2.45) is 0 Å². The fourth-order valence-corrected chi connectivity index (χ4v) is 2.59. The number of nitrogens with one attached hydrogen (secondary N) is 1. The molecule has 2 aromatic carbocycles. The monoisotopic (exact) mass is 405 g/mol. The highest BCUT2D eigenvalue weighted by atomic mass is 35.5. The van der Waals surface area contributed by atoms with Gasteiger partial charge in [-0.2, -0.15) is 0 Å². The summed E-state index contributed by atoms with van der Waals surface area (Å²) in [6, 6.07) is 9.02. The fraction of sp³-hybridized carbons (Fsp3) is 0.200. The highest BCUT2D eigenvalue weighted by Gasteiger charge is 2.17.